The molecule has 1 fully saturated rings. The SMILES string of the molecule is Cc1ccc(-c2cc(C(=O)NC(C)c3ncn[nH]3)cc(N3CCO[C@H](c4ccccc4)C3)n2)c(F)c1. The zero-order chi connectivity index (χ0) is 25.1. The maximum atomic E-state index is 14.9. The summed E-state index contributed by atoms with van der Waals surface area (Å²) in [5, 5.41) is 9.54. The molecule has 0 spiro atoms. The number of amides is 1. The number of aryl methyl sites for hydroxylation is 1. The molecule has 1 saturated heterocycles. The van der Waals surface area contributed by atoms with E-state index in [-0.39, 0.29) is 23.9 Å². The lowest BCUT2D eigenvalue weighted by Gasteiger charge is -2.34. The third-order valence-corrected chi connectivity index (χ3v) is 6.23. The Morgan fingerprint density at radius 2 is 2.03 bits per heavy atom. The van der Waals surface area contributed by atoms with Crippen LogP contribution in [0, 0.1) is 12.7 Å². The molecule has 184 valence electrons. The molecule has 3 heterocycles. The quantitative estimate of drug-likeness (QED) is 0.420. The molecule has 9 heteroatoms. The van der Waals surface area contributed by atoms with Gasteiger partial charge in [-0.25, -0.2) is 14.4 Å². The minimum absolute atomic E-state index is 0.134. The number of nitrogens with one attached hydrogen (secondary N) is 2. The Morgan fingerprint density at radius 3 is 2.78 bits per heavy atom. The molecule has 1 aliphatic rings. The number of aromatic amines is 1. The predicted octanol–water partition coefficient (Wildman–Crippen LogP) is 4.38. The zero-order valence-electron chi connectivity index (χ0n) is 20.1. The average molecular weight is 487 g/mol. The van der Waals surface area contributed by atoms with Crippen LogP contribution in [-0.4, -0.2) is 45.8 Å². The van der Waals surface area contributed by atoms with Crippen LogP contribution >= 0.6 is 0 Å². The number of carbonyl (C=O) groups is 1. The molecule has 5 rings (SSSR count). The first-order valence-corrected chi connectivity index (χ1v) is 11.8. The van der Waals surface area contributed by atoms with Gasteiger partial charge in [-0.1, -0.05) is 36.4 Å². The summed E-state index contributed by atoms with van der Waals surface area (Å²) in [7, 11) is 0. The maximum absolute atomic E-state index is 14.9. The van der Waals surface area contributed by atoms with Crippen LogP contribution in [0.5, 0.6) is 0 Å². The molecule has 36 heavy (non-hydrogen) atoms. The van der Waals surface area contributed by atoms with E-state index in [9.17, 15) is 9.18 Å². The van der Waals surface area contributed by atoms with E-state index < -0.39 is 0 Å². The molecule has 4 aromatic rings. The predicted molar refractivity (Wildman–Crippen MR) is 134 cm³/mol. The molecular formula is C27H27FN6O2. The van der Waals surface area contributed by atoms with Crippen molar-refractivity contribution in [1.82, 2.24) is 25.5 Å². The van der Waals surface area contributed by atoms with Crippen LogP contribution in [-0.2, 0) is 4.74 Å². The summed E-state index contributed by atoms with van der Waals surface area (Å²) in [6.07, 6.45) is 1.26. The van der Waals surface area contributed by atoms with Gasteiger partial charge in [-0.15, -0.1) is 0 Å². The van der Waals surface area contributed by atoms with Gasteiger partial charge >= 0.3 is 0 Å². The molecule has 1 unspecified atom stereocenters. The highest BCUT2D eigenvalue weighted by molar-refractivity contribution is 5.96. The summed E-state index contributed by atoms with van der Waals surface area (Å²) < 4.78 is 20.9. The lowest BCUT2D eigenvalue weighted by molar-refractivity contribution is 0.0395. The van der Waals surface area contributed by atoms with E-state index >= 15 is 0 Å². The van der Waals surface area contributed by atoms with Crippen LogP contribution in [0.25, 0.3) is 11.3 Å². The molecule has 2 N–H and O–H groups in total. The smallest absolute Gasteiger partial charge is 0.252 e. The Labute approximate surface area is 208 Å². The Morgan fingerprint density at radius 1 is 1.19 bits per heavy atom. The van der Waals surface area contributed by atoms with Gasteiger partial charge in [0.15, 0.2) is 0 Å². The van der Waals surface area contributed by atoms with Crippen LogP contribution < -0.4 is 10.2 Å². The maximum Gasteiger partial charge on any atom is 0.252 e. The van der Waals surface area contributed by atoms with E-state index in [2.05, 4.69) is 25.4 Å². The number of H-pyrrole nitrogens is 1. The van der Waals surface area contributed by atoms with Gasteiger partial charge in [0.05, 0.1) is 18.3 Å². The molecule has 2 atom stereocenters. The fraction of sp³-hybridized carbons (Fsp3) is 0.259. The van der Waals surface area contributed by atoms with Gasteiger partial charge in [-0.2, -0.15) is 5.10 Å². The van der Waals surface area contributed by atoms with Gasteiger partial charge < -0.3 is 15.0 Å². The van der Waals surface area contributed by atoms with Gasteiger partial charge in [-0.05, 0) is 49.2 Å². The van der Waals surface area contributed by atoms with Crippen molar-refractivity contribution in [1.29, 1.82) is 0 Å². The number of pyridine rings is 1. The van der Waals surface area contributed by atoms with Gasteiger partial charge in [0.25, 0.3) is 5.91 Å². The minimum atomic E-state index is -0.387. The Bertz CT molecular complexity index is 1350. The highest BCUT2D eigenvalue weighted by atomic mass is 19.1. The van der Waals surface area contributed by atoms with E-state index in [4.69, 9.17) is 9.72 Å². The second-order valence-electron chi connectivity index (χ2n) is 8.86. The van der Waals surface area contributed by atoms with Crippen LogP contribution in [0.15, 0.2) is 67.0 Å². The molecule has 1 aliphatic heterocycles. The first kappa shape index (κ1) is 23.6. The van der Waals surface area contributed by atoms with Crippen molar-refractivity contribution in [3.63, 3.8) is 0 Å². The summed E-state index contributed by atoms with van der Waals surface area (Å²) in [5.74, 6) is 0.435. The van der Waals surface area contributed by atoms with Crippen molar-refractivity contribution in [2.75, 3.05) is 24.6 Å². The number of rotatable bonds is 6. The van der Waals surface area contributed by atoms with Crippen molar-refractivity contribution < 1.29 is 13.9 Å². The number of halogens is 1. The number of carbonyl (C=O) groups excluding carboxylic acids is 1. The molecule has 2 aromatic carbocycles. The first-order chi connectivity index (χ1) is 17.5. The van der Waals surface area contributed by atoms with Crippen molar-refractivity contribution in [2.24, 2.45) is 0 Å². The van der Waals surface area contributed by atoms with E-state index in [1.807, 2.05) is 50.2 Å². The fourth-order valence-corrected chi connectivity index (χ4v) is 4.27. The van der Waals surface area contributed by atoms with Crippen LogP contribution in [0.3, 0.4) is 0 Å². The third-order valence-electron chi connectivity index (χ3n) is 6.23. The summed E-state index contributed by atoms with van der Waals surface area (Å²) >= 11 is 0. The highest BCUT2D eigenvalue weighted by Gasteiger charge is 2.25. The average Bonchev–Trinajstić information content (AvgIpc) is 3.44. The van der Waals surface area contributed by atoms with Gasteiger partial charge in [0.2, 0.25) is 0 Å². The lowest BCUT2D eigenvalue weighted by atomic mass is 10.0. The van der Waals surface area contributed by atoms with Crippen LogP contribution in [0.4, 0.5) is 10.2 Å². The monoisotopic (exact) mass is 486 g/mol. The molecule has 0 bridgehead atoms. The Kier molecular flexibility index (Phi) is 6.73. The normalized spacial score (nSPS) is 16.5. The van der Waals surface area contributed by atoms with Crippen molar-refractivity contribution in [2.45, 2.75) is 26.0 Å². The standard InChI is InChI=1S/C27H27FN6O2/c1-17-8-9-21(22(28)12-17)23-13-20(27(35)31-18(2)26-29-16-30-33-26)14-25(32-23)34-10-11-36-24(15-34)19-6-4-3-5-7-19/h3-9,12-14,16,18,24H,10-11,15H2,1-2H3,(H,31,35)(H,29,30,33)/t18?,24-/m0/s1. The minimum Gasteiger partial charge on any atom is -0.370 e. The van der Waals surface area contributed by atoms with Crippen molar-refractivity contribution in [3.8, 4) is 11.3 Å². The number of benzene rings is 2. The number of hydrogen-bond donors (Lipinski definition) is 2. The fourth-order valence-electron chi connectivity index (χ4n) is 4.27. The van der Waals surface area contributed by atoms with Crippen molar-refractivity contribution >= 4 is 11.7 Å². The number of hydrogen-bond acceptors (Lipinski definition) is 6. The van der Waals surface area contributed by atoms with Crippen molar-refractivity contribution in [3.05, 3.63) is 95.3 Å². The number of aromatic nitrogens is 4. The molecular weight excluding hydrogens is 459 g/mol. The van der Waals surface area contributed by atoms with E-state index in [0.717, 1.165) is 11.1 Å². The molecule has 2 aromatic heterocycles. The van der Waals surface area contributed by atoms with Gasteiger partial charge in [0, 0.05) is 24.2 Å². The zero-order valence-corrected chi connectivity index (χ0v) is 20.1. The Hall–Kier alpha value is -4.11. The lowest BCUT2D eigenvalue weighted by Crippen LogP contribution is -2.39. The number of ether oxygens (including phenoxy) is 1. The summed E-state index contributed by atoms with van der Waals surface area (Å²) in [5.41, 5.74) is 2.99. The second-order valence-corrected chi connectivity index (χ2v) is 8.86. The Balaban J connectivity index is 1.49. The summed E-state index contributed by atoms with van der Waals surface area (Å²) in [6, 6.07) is 18.0. The summed E-state index contributed by atoms with van der Waals surface area (Å²) in [6.45, 7) is 5.32. The number of morpholine rings is 1. The van der Waals surface area contributed by atoms with E-state index in [0.29, 0.717) is 48.2 Å². The van der Waals surface area contributed by atoms with Gasteiger partial charge in [0.1, 0.15) is 29.9 Å². The molecule has 0 aliphatic carbocycles. The first-order valence-electron chi connectivity index (χ1n) is 11.8. The largest absolute Gasteiger partial charge is 0.370 e. The highest BCUT2D eigenvalue weighted by Crippen LogP contribution is 2.30. The van der Waals surface area contributed by atoms with Crippen LogP contribution in [0.1, 0.15) is 46.4 Å². The number of anilines is 1. The molecule has 8 nitrogen and oxygen atoms in total. The van der Waals surface area contributed by atoms with Crippen LogP contribution in [0.2, 0.25) is 0 Å². The topological polar surface area (TPSA) is 96.0 Å². The molecule has 0 radical (unpaired) electrons. The van der Waals surface area contributed by atoms with E-state index in [1.54, 1.807) is 18.2 Å². The summed E-state index contributed by atoms with van der Waals surface area (Å²) in [4.78, 5) is 24.2. The van der Waals surface area contributed by atoms with Gasteiger partial charge in [-0.3, -0.25) is 9.89 Å². The third kappa shape index (κ3) is 5.11. The second kappa shape index (κ2) is 10.2. The molecule has 0 saturated carbocycles. The van der Waals surface area contributed by atoms with E-state index in [1.165, 1.54) is 12.4 Å². The number of nitrogens with zero attached hydrogens (tertiary/aromatic N) is 4. The molecule has 1 amide bonds.